The van der Waals surface area contributed by atoms with Crippen molar-refractivity contribution in [1.82, 2.24) is 5.32 Å². The molecule has 0 heterocycles. The molecule has 2 amide bonds. The van der Waals surface area contributed by atoms with Crippen LogP contribution in [-0.2, 0) is 20.8 Å². The molecular formula is C25H30N2O6. The third-order valence-electron chi connectivity index (χ3n) is 5.72. The van der Waals surface area contributed by atoms with Crippen molar-refractivity contribution in [2.45, 2.75) is 57.6 Å². The summed E-state index contributed by atoms with van der Waals surface area (Å²) in [6.07, 6.45) is 2.66. The number of benzene rings is 2. The molecule has 8 heteroatoms. The summed E-state index contributed by atoms with van der Waals surface area (Å²) in [7, 11) is 0. The number of nitrogens with one attached hydrogen (secondary N) is 2. The van der Waals surface area contributed by atoms with E-state index < -0.39 is 30.1 Å². The van der Waals surface area contributed by atoms with Gasteiger partial charge in [-0.1, -0.05) is 18.2 Å². The van der Waals surface area contributed by atoms with Crippen LogP contribution in [0.25, 0.3) is 0 Å². The zero-order valence-corrected chi connectivity index (χ0v) is 18.9. The van der Waals surface area contributed by atoms with E-state index in [0.29, 0.717) is 18.6 Å². The van der Waals surface area contributed by atoms with Crippen LogP contribution in [0.5, 0.6) is 5.75 Å². The third kappa shape index (κ3) is 6.32. The number of aryl methyl sites for hydroxylation is 2. The lowest BCUT2D eigenvalue weighted by molar-refractivity contribution is -0.147. The number of aliphatic hydroxyl groups is 1. The number of carbonyl (C=O) groups excluding carboxylic acids is 2. The van der Waals surface area contributed by atoms with E-state index in [-0.39, 0.29) is 12.3 Å². The fourth-order valence-corrected chi connectivity index (χ4v) is 4.14. The van der Waals surface area contributed by atoms with Gasteiger partial charge in [0.15, 0.2) is 5.60 Å². The normalized spacial score (nSPS) is 15.5. The molecule has 0 radical (unpaired) electrons. The monoisotopic (exact) mass is 454 g/mol. The van der Waals surface area contributed by atoms with Gasteiger partial charge in [0.2, 0.25) is 5.91 Å². The van der Waals surface area contributed by atoms with Crippen molar-refractivity contribution in [1.29, 1.82) is 0 Å². The maximum atomic E-state index is 12.8. The molecular weight excluding hydrogens is 424 g/mol. The van der Waals surface area contributed by atoms with Crippen LogP contribution in [-0.4, -0.2) is 46.2 Å². The molecule has 0 aliphatic heterocycles. The number of carbonyl (C=O) groups is 3. The fraction of sp³-hybridized carbons (Fsp3) is 0.400. The lowest BCUT2D eigenvalue weighted by Crippen LogP contribution is -2.55. The number of rotatable bonds is 9. The molecule has 1 fully saturated rings. The maximum absolute atomic E-state index is 12.8. The van der Waals surface area contributed by atoms with Gasteiger partial charge in [-0.25, -0.2) is 4.79 Å². The van der Waals surface area contributed by atoms with Gasteiger partial charge in [-0.2, -0.15) is 0 Å². The van der Waals surface area contributed by atoms with E-state index in [2.05, 4.69) is 10.6 Å². The summed E-state index contributed by atoms with van der Waals surface area (Å²) in [5, 5.41) is 23.6. The second kappa shape index (κ2) is 10.5. The zero-order chi connectivity index (χ0) is 24.0. The molecule has 2 aromatic rings. The summed E-state index contributed by atoms with van der Waals surface area (Å²) in [6, 6.07) is 11.4. The van der Waals surface area contributed by atoms with Gasteiger partial charge in [0.1, 0.15) is 11.8 Å². The summed E-state index contributed by atoms with van der Waals surface area (Å²) < 4.78 is 6.04. The number of hydrogen-bond acceptors (Lipinski definition) is 5. The highest BCUT2D eigenvalue weighted by Gasteiger charge is 2.44. The quantitative estimate of drug-likeness (QED) is 0.462. The minimum Gasteiger partial charge on any atom is -0.480 e. The van der Waals surface area contributed by atoms with Gasteiger partial charge < -0.3 is 25.6 Å². The van der Waals surface area contributed by atoms with Crippen molar-refractivity contribution < 1.29 is 29.3 Å². The molecule has 0 bridgehead atoms. The molecule has 0 unspecified atom stereocenters. The average Bonchev–Trinajstić information content (AvgIpc) is 3.22. The molecule has 1 saturated carbocycles. The van der Waals surface area contributed by atoms with Crippen LogP contribution >= 0.6 is 0 Å². The van der Waals surface area contributed by atoms with E-state index in [1.54, 1.807) is 24.3 Å². The lowest BCUT2D eigenvalue weighted by atomic mass is 10.00. The molecule has 0 aromatic heterocycles. The highest BCUT2D eigenvalue weighted by Crippen LogP contribution is 2.35. The highest BCUT2D eigenvalue weighted by atomic mass is 16.5. The molecule has 176 valence electrons. The molecule has 0 spiro atoms. The Hall–Kier alpha value is -3.39. The van der Waals surface area contributed by atoms with E-state index in [0.717, 1.165) is 35.2 Å². The summed E-state index contributed by atoms with van der Waals surface area (Å²) in [5.74, 6) is -1.52. The number of ether oxygens (including phenoxy) is 1. The molecule has 33 heavy (non-hydrogen) atoms. The number of carboxylic acid groups (broad SMARTS) is 1. The smallest absolute Gasteiger partial charge is 0.328 e. The van der Waals surface area contributed by atoms with Crippen molar-refractivity contribution in [3.05, 3.63) is 59.2 Å². The SMILES string of the molecule is Cc1cc(C)cc(NC(=O)Cc2ccc(OC3(C(=O)N[C@H](CO)C(=O)O)CCCC3)cc2)c1. The van der Waals surface area contributed by atoms with Crippen molar-refractivity contribution in [3.8, 4) is 5.75 Å². The molecule has 1 aliphatic rings. The molecule has 4 N–H and O–H groups in total. The Morgan fingerprint density at radius 3 is 2.18 bits per heavy atom. The first-order chi connectivity index (χ1) is 15.7. The topological polar surface area (TPSA) is 125 Å². The van der Waals surface area contributed by atoms with Crippen molar-refractivity contribution >= 4 is 23.5 Å². The number of carboxylic acids is 1. The lowest BCUT2D eigenvalue weighted by Gasteiger charge is -2.30. The Balaban J connectivity index is 1.64. The third-order valence-corrected chi connectivity index (χ3v) is 5.72. The van der Waals surface area contributed by atoms with Crippen molar-refractivity contribution in [2.24, 2.45) is 0 Å². The van der Waals surface area contributed by atoms with E-state index in [1.165, 1.54) is 0 Å². The van der Waals surface area contributed by atoms with Crippen molar-refractivity contribution in [3.63, 3.8) is 0 Å². The Kier molecular flexibility index (Phi) is 7.71. The van der Waals surface area contributed by atoms with E-state index in [1.807, 2.05) is 32.0 Å². The molecule has 2 aromatic carbocycles. The number of aliphatic hydroxyl groups excluding tert-OH is 1. The van der Waals surface area contributed by atoms with Gasteiger partial charge in [0.05, 0.1) is 13.0 Å². The predicted octanol–water partition coefficient (Wildman–Crippen LogP) is 2.74. The minimum atomic E-state index is -1.38. The fourth-order valence-electron chi connectivity index (χ4n) is 4.14. The zero-order valence-electron chi connectivity index (χ0n) is 18.9. The Morgan fingerprint density at radius 1 is 1.03 bits per heavy atom. The average molecular weight is 455 g/mol. The van der Waals surface area contributed by atoms with Gasteiger partial charge >= 0.3 is 5.97 Å². The van der Waals surface area contributed by atoms with Crippen LogP contribution in [0.3, 0.4) is 0 Å². The first kappa shape index (κ1) is 24.3. The van der Waals surface area contributed by atoms with Crippen LogP contribution in [0.2, 0.25) is 0 Å². The van der Waals surface area contributed by atoms with Gasteiger partial charge in [-0.05, 0) is 80.5 Å². The van der Waals surface area contributed by atoms with Gasteiger partial charge in [0.25, 0.3) is 5.91 Å². The summed E-state index contributed by atoms with van der Waals surface area (Å²) in [4.78, 5) is 36.4. The largest absolute Gasteiger partial charge is 0.480 e. The second-order valence-corrected chi connectivity index (χ2v) is 8.60. The second-order valence-electron chi connectivity index (χ2n) is 8.60. The summed E-state index contributed by atoms with van der Waals surface area (Å²) >= 11 is 0. The van der Waals surface area contributed by atoms with E-state index >= 15 is 0 Å². The van der Waals surface area contributed by atoms with Crippen LogP contribution in [0.4, 0.5) is 5.69 Å². The number of anilines is 1. The minimum absolute atomic E-state index is 0.135. The maximum Gasteiger partial charge on any atom is 0.328 e. The first-order valence-corrected chi connectivity index (χ1v) is 11.0. The standard InChI is InChI=1S/C25H30N2O6/c1-16-11-17(2)13-19(12-16)26-22(29)14-18-5-7-20(8-6-18)33-25(9-3-4-10-25)24(32)27-21(15-28)23(30)31/h5-8,11-13,21,28H,3-4,9-10,14-15H2,1-2H3,(H,26,29)(H,27,32)(H,30,31)/t21-/m1/s1. The molecule has 1 atom stereocenters. The van der Waals surface area contributed by atoms with Crippen LogP contribution in [0.15, 0.2) is 42.5 Å². The number of aliphatic carboxylic acids is 1. The van der Waals surface area contributed by atoms with E-state index in [4.69, 9.17) is 9.84 Å². The van der Waals surface area contributed by atoms with Crippen molar-refractivity contribution in [2.75, 3.05) is 11.9 Å². The van der Waals surface area contributed by atoms with E-state index in [9.17, 15) is 19.5 Å². The summed E-state index contributed by atoms with van der Waals surface area (Å²) in [5.41, 5.74) is 2.52. The molecule has 3 rings (SSSR count). The molecule has 8 nitrogen and oxygen atoms in total. The van der Waals surface area contributed by atoms with Crippen LogP contribution < -0.4 is 15.4 Å². The van der Waals surface area contributed by atoms with Crippen LogP contribution in [0.1, 0.15) is 42.4 Å². The van der Waals surface area contributed by atoms with Gasteiger partial charge in [-0.3, -0.25) is 9.59 Å². The Bertz CT molecular complexity index is 992. The predicted molar refractivity (Wildman–Crippen MR) is 123 cm³/mol. The van der Waals surface area contributed by atoms with Crippen LogP contribution in [0, 0.1) is 13.8 Å². The Labute approximate surface area is 193 Å². The Morgan fingerprint density at radius 2 is 1.64 bits per heavy atom. The molecule has 0 saturated heterocycles. The molecule has 1 aliphatic carbocycles. The van der Waals surface area contributed by atoms with Gasteiger partial charge in [0, 0.05) is 5.69 Å². The van der Waals surface area contributed by atoms with Gasteiger partial charge in [-0.15, -0.1) is 0 Å². The number of hydrogen-bond donors (Lipinski definition) is 4. The highest BCUT2D eigenvalue weighted by molar-refractivity contribution is 5.92. The number of amides is 2. The first-order valence-electron chi connectivity index (χ1n) is 11.0. The summed E-state index contributed by atoms with van der Waals surface area (Å²) in [6.45, 7) is 3.25.